The van der Waals surface area contributed by atoms with Crippen molar-refractivity contribution in [3.8, 4) is 0 Å². The highest BCUT2D eigenvalue weighted by molar-refractivity contribution is 7.81. The fourth-order valence-corrected chi connectivity index (χ4v) is 1.92. The first-order chi connectivity index (χ1) is 9.99. The number of nitro groups is 2. The molecule has 0 aliphatic carbocycles. The van der Waals surface area contributed by atoms with Gasteiger partial charge in [0.2, 0.25) is 0 Å². The highest BCUT2D eigenvalue weighted by Crippen LogP contribution is 2.29. The summed E-state index contributed by atoms with van der Waals surface area (Å²) >= 11 is 5.17. The first kappa shape index (κ1) is 14.5. The van der Waals surface area contributed by atoms with E-state index in [1.165, 1.54) is 12.1 Å². The fraction of sp³-hybridized carbons (Fsp3) is 0. The lowest BCUT2D eigenvalue weighted by atomic mass is 10.2. The zero-order valence-corrected chi connectivity index (χ0v) is 11.4. The Kier molecular flexibility index (Phi) is 4.19. The fourth-order valence-electron chi connectivity index (χ4n) is 1.67. The van der Waals surface area contributed by atoms with Gasteiger partial charge in [-0.2, -0.15) is 0 Å². The Labute approximate surface area is 124 Å². The van der Waals surface area contributed by atoms with E-state index in [0.29, 0.717) is 10.6 Å². The van der Waals surface area contributed by atoms with E-state index in [-0.39, 0.29) is 11.4 Å². The van der Waals surface area contributed by atoms with Gasteiger partial charge in [0, 0.05) is 11.6 Å². The van der Waals surface area contributed by atoms with Crippen LogP contribution in [0.15, 0.2) is 48.5 Å². The van der Waals surface area contributed by atoms with E-state index in [2.05, 4.69) is 5.32 Å². The van der Waals surface area contributed by atoms with Crippen LogP contribution in [-0.4, -0.2) is 14.8 Å². The molecule has 0 unspecified atom stereocenters. The summed E-state index contributed by atoms with van der Waals surface area (Å²) in [6.07, 6.45) is 0. The van der Waals surface area contributed by atoms with E-state index in [0.717, 1.165) is 6.07 Å². The number of thiocarbonyl (C=S) groups is 1. The minimum Gasteiger partial charge on any atom is -0.340 e. The quantitative estimate of drug-likeness (QED) is 0.528. The van der Waals surface area contributed by atoms with Crippen LogP contribution in [0.25, 0.3) is 0 Å². The van der Waals surface area contributed by atoms with Crippen molar-refractivity contribution in [1.29, 1.82) is 0 Å². The first-order valence-corrected chi connectivity index (χ1v) is 6.19. The maximum Gasteiger partial charge on any atom is 0.299 e. The maximum atomic E-state index is 11.0. The summed E-state index contributed by atoms with van der Waals surface area (Å²) in [5, 5.41) is 24.4. The molecular formula is C13H9N3O4S. The second-order valence-electron chi connectivity index (χ2n) is 4.04. The number of benzene rings is 2. The highest BCUT2D eigenvalue weighted by atomic mass is 32.1. The van der Waals surface area contributed by atoms with Crippen LogP contribution in [0.3, 0.4) is 0 Å². The lowest BCUT2D eigenvalue weighted by Gasteiger charge is -2.08. The van der Waals surface area contributed by atoms with Crippen molar-refractivity contribution >= 4 is 34.3 Å². The molecule has 0 saturated carbocycles. The molecule has 2 aromatic rings. The van der Waals surface area contributed by atoms with Crippen LogP contribution in [-0.2, 0) is 0 Å². The zero-order valence-electron chi connectivity index (χ0n) is 10.6. The molecule has 0 bridgehead atoms. The molecule has 2 rings (SSSR count). The molecule has 2 aromatic carbocycles. The van der Waals surface area contributed by atoms with Crippen LogP contribution < -0.4 is 5.32 Å². The number of anilines is 1. The third-order valence-corrected chi connectivity index (χ3v) is 3.01. The molecule has 0 aliphatic heterocycles. The topological polar surface area (TPSA) is 98.3 Å². The van der Waals surface area contributed by atoms with Crippen molar-refractivity contribution < 1.29 is 9.85 Å². The number of hydrogen-bond donors (Lipinski definition) is 1. The van der Waals surface area contributed by atoms with E-state index in [4.69, 9.17) is 12.2 Å². The summed E-state index contributed by atoms with van der Waals surface area (Å²) < 4.78 is 0. The molecular weight excluding hydrogens is 294 g/mol. The Morgan fingerprint density at radius 3 is 2.24 bits per heavy atom. The van der Waals surface area contributed by atoms with E-state index >= 15 is 0 Å². The summed E-state index contributed by atoms with van der Waals surface area (Å²) in [4.78, 5) is 20.6. The Morgan fingerprint density at radius 2 is 1.67 bits per heavy atom. The molecule has 8 heteroatoms. The summed E-state index contributed by atoms with van der Waals surface area (Å²) in [6, 6.07) is 12.3. The van der Waals surface area contributed by atoms with Crippen molar-refractivity contribution in [2.24, 2.45) is 0 Å². The molecule has 0 radical (unpaired) electrons. The van der Waals surface area contributed by atoms with Gasteiger partial charge in [0.05, 0.1) is 15.9 Å². The molecule has 0 heterocycles. The van der Waals surface area contributed by atoms with Gasteiger partial charge in [-0.1, -0.05) is 42.5 Å². The summed E-state index contributed by atoms with van der Waals surface area (Å²) in [6.45, 7) is 0. The summed E-state index contributed by atoms with van der Waals surface area (Å²) in [7, 11) is 0. The second kappa shape index (κ2) is 6.06. The predicted octanol–water partition coefficient (Wildman–Crippen LogP) is 3.29. The van der Waals surface area contributed by atoms with Crippen LogP contribution in [0.4, 0.5) is 17.1 Å². The smallest absolute Gasteiger partial charge is 0.299 e. The minimum absolute atomic E-state index is 0.111. The molecule has 0 fully saturated rings. The molecule has 7 nitrogen and oxygen atoms in total. The Hall–Kier alpha value is -2.87. The molecule has 21 heavy (non-hydrogen) atoms. The molecule has 106 valence electrons. The first-order valence-electron chi connectivity index (χ1n) is 5.78. The van der Waals surface area contributed by atoms with Crippen molar-refractivity contribution in [3.05, 3.63) is 74.3 Å². The minimum atomic E-state index is -0.692. The Morgan fingerprint density at radius 1 is 1.00 bits per heavy atom. The van der Waals surface area contributed by atoms with Gasteiger partial charge in [-0.3, -0.25) is 20.2 Å². The molecule has 0 atom stereocenters. The van der Waals surface area contributed by atoms with Gasteiger partial charge in [-0.15, -0.1) is 0 Å². The predicted molar refractivity (Wildman–Crippen MR) is 81.5 cm³/mol. The van der Waals surface area contributed by atoms with Gasteiger partial charge in [-0.05, 0) is 6.07 Å². The molecule has 0 amide bonds. The molecule has 1 N–H and O–H groups in total. The number of non-ortho nitro benzene ring substituents is 1. The lowest BCUT2D eigenvalue weighted by molar-refractivity contribution is -0.393. The van der Waals surface area contributed by atoms with Gasteiger partial charge >= 0.3 is 0 Å². The van der Waals surface area contributed by atoms with Gasteiger partial charge in [0.1, 0.15) is 10.7 Å². The number of nitro benzene ring substituents is 2. The van der Waals surface area contributed by atoms with Crippen LogP contribution in [0, 0.1) is 20.2 Å². The Balaban J connectivity index is 2.34. The number of rotatable bonds is 4. The average Bonchev–Trinajstić information content (AvgIpc) is 2.48. The van der Waals surface area contributed by atoms with E-state index in [1.807, 2.05) is 6.07 Å². The summed E-state index contributed by atoms with van der Waals surface area (Å²) in [5.74, 6) is 0. The molecule has 0 aliphatic rings. The SMILES string of the molecule is O=[N+]([O-])c1ccc(NC(=S)c2ccccc2)c([N+](=O)[O-])c1. The Bertz CT molecular complexity index is 719. The largest absolute Gasteiger partial charge is 0.340 e. The van der Waals surface area contributed by atoms with Gasteiger partial charge in [-0.25, -0.2) is 0 Å². The number of nitrogens with one attached hydrogen (secondary N) is 1. The van der Waals surface area contributed by atoms with Gasteiger partial charge < -0.3 is 5.32 Å². The molecule has 0 aromatic heterocycles. The van der Waals surface area contributed by atoms with Gasteiger partial charge in [0.25, 0.3) is 11.4 Å². The number of hydrogen-bond acceptors (Lipinski definition) is 5. The monoisotopic (exact) mass is 303 g/mol. The molecule has 0 saturated heterocycles. The van der Waals surface area contributed by atoms with E-state index < -0.39 is 15.5 Å². The second-order valence-corrected chi connectivity index (χ2v) is 4.44. The third-order valence-electron chi connectivity index (χ3n) is 2.67. The van der Waals surface area contributed by atoms with Crippen molar-refractivity contribution in [2.45, 2.75) is 0 Å². The highest BCUT2D eigenvalue weighted by Gasteiger charge is 2.20. The summed E-state index contributed by atoms with van der Waals surface area (Å²) in [5.41, 5.74) is 0.0555. The van der Waals surface area contributed by atoms with Crippen LogP contribution >= 0.6 is 12.2 Å². The van der Waals surface area contributed by atoms with Crippen molar-refractivity contribution in [1.82, 2.24) is 0 Å². The number of nitrogens with zero attached hydrogens (tertiary/aromatic N) is 2. The standard InChI is InChI=1S/C13H9N3O4S/c17-15(18)10-6-7-11(12(8-10)16(19)20)14-13(21)9-4-2-1-3-5-9/h1-8H,(H,14,21). The zero-order chi connectivity index (χ0) is 15.4. The van der Waals surface area contributed by atoms with Gasteiger partial charge in [0.15, 0.2) is 0 Å². The van der Waals surface area contributed by atoms with Crippen molar-refractivity contribution in [2.75, 3.05) is 5.32 Å². The van der Waals surface area contributed by atoms with Crippen LogP contribution in [0.5, 0.6) is 0 Å². The van der Waals surface area contributed by atoms with Crippen LogP contribution in [0.2, 0.25) is 0 Å². The molecule has 0 spiro atoms. The van der Waals surface area contributed by atoms with E-state index in [1.54, 1.807) is 24.3 Å². The maximum absolute atomic E-state index is 11.0. The lowest BCUT2D eigenvalue weighted by Crippen LogP contribution is -2.11. The average molecular weight is 303 g/mol. The normalized spacial score (nSPS) is 9.90. The van der Waals surface area contributed by atoms with E-state index in [9.17, 15) is 20.2 Å². The third kappa shape index (κ3) is 3.37. The van der Waals surface area contributed by atoms with Crippen molar-refractivity contribution in [3.63, 3.8) is 0 Å². The van der Waals surface area contributed by atoms with Crippen LogP contribution in [0.1, 0.15) is 5.56 Å².